The highest BCUT2D eigenvalue weighted by molar-refractivity contribution is 6.30. The van der Waals surface area contributed by atoms with Gasteiger partial charge in [0.1, 0.15) is 6.54 Å². The molecule has 4 heteroatoms. The van der Waals surface area contributed by atoms with Gasteiger partial charge in [-0.3, -0.25) is 4.79 Å². The number of hydrogen-bond donors (Lipinski definition) is 0. The Kier molecular flexibility index (Phi) is 4.17. The van der Waals surface area contributed by atoms with E-state index in [4.69, 9.17) is 16.9 Å². The third-order valence-corrected chi connectivity index (χ3v) is 2.85. The number of halogens is 1. The molecule has 0 bridgehead atoms. The van der Waals surface area contributed by atoms with E-state index in [1.165, 1.54) is 10.6 Å². The first-order chi connectivity index (χ1) is 9.19. The van der Waals surface area contributed by atoms with Crippen molar-refractivity contribution >= 4 is 23.8 Å². The molecule has 0 aliphatic heterocycles. The molecule has 1 aromatic carbocycles. The minimum Gasteiger partial charge on any atom is -0.302 e. The Morgan fingerprint density at radius 1 is 1.16 bits per heavy atom. The van der Waals surface area contributed by atoms with Crippen LogP contribution in [0.3, 0.4) is 0 Å². The smallest absolute Gasteiger partial charge is 0.252 e. The van der Waals surface area contributed by atoms with Gasteiger partial charge in [0.15, 0.2) is 0 Å². The first-order valence-electron chi connectivity index (χ1n) is 5.70. The average Bonchev–Trinajstić information content (AvgIpc) is 2.41. The zero-order valence-corrected chi connectivity index (χ0v) is 10.8. The molecule has 0 unspecified atom stereocenters. The second kappa shape index (κ2) is 6.03. The molecule has 0 N–H and O–H groups in total. The van der Waals surface area contributed by atoms with Crippen molar-refractivity contribution in [3.63, 3.8) is 0 Å². The van der Waals surface area contributed by atoms with Crippen LogP contribution in [-0.2, 0) is 6.54 Å². The lowest BCUT2D eigenvalue weighted by Gasteiger charge is -1.99. The van der Waals surface area contributed by atoms with Gasteiger partial charge in [-0.2, -0.15) is 5.26 Å². The summed E-state index contributed by atoms with van der Waals surface area (Å²) in [5.74, 6) is 0. The van der Waals surface area contributed by atoms with Crippen molar-refractivity contribution in [1.29, 1.82) is 5.26 Å². The van der Waals surface area contributed by atoms with Crippen molar-refractivity contribution in [2.75, 3.05) is 0 Å². The standard InChI is InChI=1S/C15H11ClN2O/c16-14-5-3-12(4-6-14)1-2-13-7-9-18(10-8-17)15(19)11-13/h1-7,9,11H,10H2/b2-1+. The van der Waals surface area contributed by atoms with Gasteiger partial charge >= 0.3 is 0 Å². The van der Waals surface area contributed by atoms with Crippen molar-refractivity contribution in [3.8, 4) is 6.07 Å². The van der Waals surface area contributed by atoms with Gasteiger partial charge in [0.25, 0.3) is 5.56 Å². The van der Waals surface area contributed by atoms with Crippen LogP contribution in [0.15, 0.2) is 47.4 Å². The number of rotatable bonds is 3. The van der Waals surface area contributed by atoms with Crippen molar-refractivity contribution < 1.29 is 0 Å². The summed E-state index contributed by atoms with van der Waals surface area (Å²) in [5.41, 5.74) is 1.62. The largest absolute Gasteiger partial charge is 0.302 e. The van der Waals surface area contributed by atoms with Crippen LogP contribution in [0.25, 0.3) is 12.2 Å². The van der Waals surface area contributed by atoms with Crippen molar-refractivity contribution in [2.45, 2.75) is 6.54 Å². The van der Waals surface area contributed by atoms with Crippen LogP contribution in [0.4, 0.5) is 0 Å². The Morgan fingerprint density at radius 3 is 2.47 bits per heavy atom. The van der Waals surface area contributed by atoms with Crippen LogP contribution in [0, 0.1) is 11.3 Å². The SMILES string of the molecule is N#CCn1ccc(/C=C/c2ccc(Cl)cc2)cc1=O. The van der Waals surface area contributed by atoms with E-state index in [9.17, 15) is 4.79 Å². The van der Waals surface area contributed by atoms with Gasteiger partial charge < -0.3 is 4.57 Å². The molecule has 0 saturated carbocycles. The molecule has 1 heterocycles. The molecule has 0 aliphatic rings. The topological polar surface area (TPSA) is 45.8 Å². The third kappa shape index (κ3) is 3.57. The molecular weight excluding hydrogens is 260 g/mol. The minimum absolute atomic E-state index is 0.0695. The van der Waals surface area contributed by atoms with Crippen molar-refractivity contribution in [2.24, 2.45) is 0 Å². The second-order valence-corrected chi connectivity index (χ2v) is 4.41. The summed E-state index contributed by atoms with van der Waals surface area (Å²) in [4.78, 5) is 11.6. The molecule has 0 aliphatic carbocycles. The third-order valence-electron chi connectivity index (χ3n) is 2.60. The summed E-state index contributed by atoms with van der Waals surface area (Å²) in [6.45, 7) is 0.0695. The maximum atomic E-state index is 11.6. The zero-order chi connectivity index (χ0) is 13.7. The van der Waals surface area contributed by atoms with E-state index in [-0.39, 0.29) is 12.1 Å². The molecule has 0 atom stereocenters. The van der Waals surface area contributed by atoms with E-state index >= 15 is 0 Å². The summed E-state index contributed by atoms with van der Waals surface area (Å²) < 4.78 is 1.36. The predicted octanol–water partition coefficient (Wildman–Crippen LogP) is 3.20. The van der Waals surface area contributed by atoms with Crippen LogP contribution < -0.4 is 5.56 Å². The van der Waals surface area contributed by atoms with E-state index in [0.717, 1.165) is 11.1 Å². The van der Waals surface area contributed by atoms with Crippen molar-refractivity contribution in [1.82, 2.24) is 4.57 Å². The van der Waals surface area contributed by atoms with Gasteiger partial charge in [-0.05, 0) is 29.3 Å². The zero-order valence-electron chi connectivity index (χ0n) is 10.1. The summed E-state index contributed by atoms with van der Waals surface area (Å²) in [6.07, 6.45) is 5.37. The minimum atomic E-state index is -0.181. The van der Waals surface area contributed by atoms with E-state index in [0.29, 0.717) is 5.02 Å². The number of nitriles is 1. The lowest BCUT2D eigenvalue weighted by molar-refractivity contribution is 0.787. The van der Waals surface area contributed by atoms with Gasteiger partial charge in [0.05, 0.1) is 6.07 Å². The van der Waals surface area contributed by atoms with Crippen LogP contribution in [0.5, 0.6) is 0 Å². The first kappa shape index (κ1) is 13.1. The van der Waals surface area contributed by atoms with E-state index in [2.05, 4.69) is 0 Å². The fourth-order valence-electron chi connectivity index (χ4n) is 1.60. The maximum absolute atomic E-state index is 11.6. The van der Waals surface area contributed by atoms with Crippen LogP contribution in [0.1, 0.15) is 11.1 Å². The fourth-order valence-corrected chi connectivity index (χ4v) is 1.73. The van der Waals surface area contributed by atoms with Crippen LogP contribution in [0.2, 0.25) is 5.02 Å². The van der Waals surface area contributed by atoms with Gasteiger partial charge in [0, 0.05) is 17.3 Å². The molecule has 0 spiro atoms. The number of pyridine rings is 1. The Balaban J connectivity index is 2.20. The Labute approximate surface area is 116 Å². The molecule has 19 heavy (non-hydrogen) atoms. The monoisotopic (exact) mass is 270 g/mol. The fraction of sp³-hybridized carbons (Fsp3) is 0.0667. The predicted molar refractivity (Wildman–Crippen MR) is 76.7 cm³/mol. The average molecular weight is 271 g/mol. The molecular formula is C15H11ClN2O. The van der Waals surface area contributed by atoms with E-state index in [1.807, 2.05) is 42.5 Å². The summed E-state index contributed by atoms with van der Waals surface area (Å²) >= 11 is 5.80. The molecule has 0 amide bonds. The van der Waals surface area contributed by atoms with E-state index in [1.54, 1.807) is 12.3 Å². The van der Waals surface area contributed by atoms with Gasteiger partial charge in [-0.15, -0.1) is 0 Å². The molecule has 3 nitrogen and oxygen atoms in total. The molecule has 0 radical (unpaired) electrons. The Hall–Kier alpha value is -2.31. The van der Waals surface area contributed by atoms with Crippen LogP contribution in [-0.4, -0.2) is 4.57 Å². The first-order valence-corrected chi connectivity index (χ1v) is 6.08. The summed E-state index contributed by atoms with van der Waals surface area (Å²) in [6, 6.07) is 12.7. The normalized spacial score (nSPS) is 10.5. The summed E-state index contributed by atoms with van der Waals surface area (Å²) in [7, 11) is 0. The highest BCUT2D eigenvalue weighted by Gasteiger charge is 1.95. The molecule has 2 rings (SSSR count). The Bertz CT molecular complexity index is 693. The molecule has 2 aromatic rings. The number of benzene rings is 1. The lowest BCUT2D eigenvalue weighted by Crippen LogP contribution is -2.17. The number of nitrogens with zero attached hydrogens (tertiary/aromatic N) is 2. The van der Waals surface area contributed by atoms with Crippen LogP contribution >= 0.6 is 11.6 Å². The quantitative estimate of drug-likeness (QED) is 0.860. The van der Waals surface area contributed by atoms with Crippen molar-refractivity contribution in [3.05, 3.63) is 69.1 Å². The summed E-state index contributed by atoms with van der Waals surface area (Å²) in [5, 5.41) is 9.24. The second-order valence-electron chi connectivity index (χ2n) is 3.97. The highest BCUT2D eigenvalue weighted by atomic mass is 35.5. The Morgan fingerprint density at radius 2 is 1.84 bits per heavy atom. The number of aromatic nitrogens is 1. The highest BCUT2D eigenvalue weighted by Crippen LogP contribution is 2.12. The molecule has 0 fully saturated rings. The molecule has 0 saturated heterocycles. The maximum Gasteiger partial charge on any atom is 0.252 e. The lowest BCUT2D eigenvalue weighted by atomic mass is 10.1. The molecule has 94 valence electrons. The number of hydrogen-bond acceptors (Lipinski definition) is 2. The molecule has 1 aromatic heterocycles. The van der Waals surface area contributed by atoms with E-state index < -0.39 is 0 Å². The van der Waals surface area contributed by atoms with Gasteiger partial charge in [-0.1, -0.05) is 35.9 Å². The van der Waals surface area contributed by atoms with Gasteiger partial charge in [0.2, 0.25) is 0 Å². The van der Waals surface area contributed by atoms with Gasteiger partial charge in [-0.25, -0.2) is 0 Å².